The molecule has 1 aliphatic heterocycles. The quantitative estimate of drug-likeness (QED) is 0.898. The lowest BCUT2D eigenvalue weighted by atomic mass is 10.1. The maximum Gasteiger partial charge on any atom is 0.152 e. The Kier molecular flexibility index (Phi) is 3.66. The van der Waals surface area contributed by atoms with Gasteiger partial charge in [0.15, 0.2) is 9.84 Å². The summed E-state index contributed by atoms with van der Waals surface area (Å²) in [6, 6.07) is 1.79. The lowest BCUT2D eigenvalue weighted by Crippen LogP contribution is -2.14. The fraction of sp³-hybridized carbons (Fsp3) is 0.750. The van der Waals surface area contributed by atoms with Crippen LogP contribution in [-0.4, -0.2) is 29.7 Å². The SMILES string of the molecule is CC(C)CCc1cc(N)n(C2CCS(=O)(=O)C2)n1. The summed E-state index contributed by atoms with van der Waals surface area (Å²) in [6.45, 7) is 4.34. The van der Waals surface area contributed by atoms with Crippen molar-refractivity contribution in [1.29, 1.82) is 0 Å². The molecule has 0 radical (unpaired) electrons. The van der Waals surface area contributed by atoms with E-state index >= 15 is 0 Å². The van der Waals surface area contributed by atoms with Gasteiger partial charge >= 0.3 is 0 Å². The first kappa shape index (κ1) is 13.4. The summed E-state index contributed by atoms with van der Waals surface area (Å²) in [7, 11) is -2.89. The van der Waals surface area contributed by atoms with Gasteiger partial charge in [-0.2, -0.15) is 5.10 Å². The van der Waals surface area contributed by atoms with E-state index in [9.17, 15) is 8.42 Å². The maximum atomic E-state index is 11.5. The molecule has 1 saturated heterocycles. The highest BCUT2D eigenvalue weighted by Crippen LogP contribution is 2.26. The Morgan fingerprint density at radius 3 is 2.83 bits per heavy atom. The molecule has 1 fully saturated rings. The number of nitrogens with zero attached hydrogens (tertiary/aromatic N) is 2. The Hall–Kier alpha value is -1.04. The van der Waals surface area contributed by atoms with Crippen molar-refractivity contribution in [3.8, 4) is 0 Å². The van der Waals surface area contributed by atoms with Crippen LogP contribution in [0, 0.1) is 5.92 Å². The van der Waals surface area contributed by atoms with Gasteiger partial charge in [0.25, 0.3) is 0 Å². The molecule has 18 heavy (non-hydrogen) atoms. The Bertz CT molecular complexity index is 519. The number of aromatic nitrogens is 2. The molecule has 0 bridgehead atoms. The molecule has 102 valence electrons. The molecule has 6 heteroatoms. The Morgan fingerprint density at radius 2 is 2.28 bits per heavy atom. The first-order valence-corrected chi connectivity index (χ1v) is 8.24. The average Bonchev–Trinajstić information content (AvgIpc) is 2.78. The zero-order valence-corrected chi connectivity index (χ0v) is 11.8. The summed E-state index contributed by atoms with van der Waals surface area (Å²) >= 11 is 0. The van der Waals surface area contributed by atoms with Gasteiger partial charge < -0.3 is 5.73 Å². The van der Waals surface area contributed by atoms with Gasteiger partial charge in [0.05, 0.1) is 23.2 Å². The summed E-state index contributed by atoms with van der Waals surface area (Å²) in [4.78, 5) is 0. The smallest absolute Gasteiger partial charge is 0.152 e. The molecule has 0 saturated carbocycles. The fourth-order valence-corrected chi connectivity index (χ4v) is 3.97. The number of nitrogen functional groups attached to an aromatic ring is 1. The van der Waals surface area contributed by atoms with Crippen LogP contribution in [0.2, 0.25) is 0 Å². The molecule has 0 amide bonds. The van der Waals surface area contributed by atoms with Gasteiger partial charge in [-0.25, -0.2) is 13.1 Å². The molecule has 1 aliphatic rings. The predicted molar refractivity (Wildman–Crippen MR) is 72.1 cm³/mol. The molecular weight excluding hydrogens is 250 g/mol. The van der Waals surface area contributed by atoms with Gasteiger partial charge in [0, 0.05) is 6.07 Å². The third kappa shape index (κ3) is 3.04. The number of sulfone groups is 1. The van der Waals surface area contributed by atoms with Crippen molar-refractivity contribution in [2.75, 3.05) is 17.2 Å². The molecule has 0 spiro atoms. The van der Waals surface area contributed by atoms with Crippen LogP contribution in [0.3, 0.4) is 0 Å². The van der Waals surface area contributed by atoms with Crippen LogP contribution in [0.4, 0.5) is 5.82 Å². The fourth-order valence-electron chi connectivity index (χ4n) is 2.28. The molecular formula is C12H21N3O2S. The van der Waals surface area contributed by atoms with Crippen molar-refractivity contribution < 1.29 is 8.42 Å². The molecule has 2 heterocycles. The van der Waals surface area contributed by atoms with Crippen molar-refractivity contribution in [3.05, 3.63) is 11.8 Å². The van der Waals surface area contributed by atoms with Crippen LogP contribution < -0.4 is 5.73 Å². The predicted octanol–water partition coefficient (Wildman–Crippen LogP) is 1.41. The van der Waals surface area contributed by atoms with Crippen LogP contribution in [0.5, 0.6) is 0 Å². The summed E-state index contributed by atoms with van der Waals surface area (Å²) < 4.78 is 24.6. The molecule has 1 aromatic rings. The van der Waals surface area contributed by atoms with Gasteiger partial charge in [-0.05, 0) is 25.2 Å². The summed E-state index contributed by atoms with van der Waals surface area (Å²) in [5.74, 6) is 1.62. The molecule has 0 aliphatic carbocycles. The minimum Gasteiger partial charge on any atom is -0.384 e. The summed E-state index contributed by atoms with van der Waals surface area (Å²) in [5.41, 5.74) is 6.89. The van der Waals surface area contributed by atoms with E-state index in [1.807, 2.05) is 6.07 Å². The molecule has 1 atom stereocenters. The number of rotatable bonds is 4. The molecule has 0 aromatic carbocycles. The minimum absolute atomic E-state index is 0.0807. The average molecular weight is 271 g/mol. The Morgan fingerprint density at radius 1 is 1.56 bits per heavy atom. The molecule has 2 N–H and O–H groups in total. The topological polar surface area (TPSA) is 78.0 Å². The maximum absolute atomic E-state index is 11.5. The van der Waals surface area contributed by atoms with E-state index in [0.29, 0.717) is 18.2 Å². The molecule has 2 rings (SSSR count). The monoisotopic (exact) mass is 271 g/mol. The van der Waals surface area contributed by atoms with Crippen molar-refractivity contribution >= 4 is 15.7 Å². The van der Waals surface area contributed by atoms with E-state index in [2.05, 4.69) is 18.9 Å². The highest BCUT2D eigenvalue weighted by atomic mass is 32.2. The van der Waals surface area contributed by atoms with E-state index in [0.717, 1.165) is 18.5 Å². The lowest BCUT2D eigenvalue weighted by molar-refractivity contribution is 0.496. The standard InChI is InChI=1S/C12H21N3O2S/c1-9(2)3-4-10-7-12(13)15(14-10)11-5-6-18(16,17)8-11/h7,9,11H,3-6,8,13H2,1-2H3. The number of anilines is 1. The van der Waals surface area contributed by atoms with Crippen molar-refractivity contribution in [2.45, 2.75) is 39.2 Å². The van der Waals surface area contributed by atoms with Gasteiger partial charge in [0.1, 0.15) is 5.82 Å². The Labute approximate surface area is 108 Å². The number of hydrogen-bond acceptors (Lipinski definition) is 4. The third-order valence-corrected chi connectivity index (χ3v) is 5.10. The van der Waals surface area contributed by atoms with Crippen LogP contribution in [-0.2, 0) is 16.3 Å². The summed E-state index contributed by atoms with van der Waals surface area (Å²) in [6.07, 6.45) is 2.59. The van der Waals surface area contributed by atoms with Crippen LogP contribution >= 0.6 is 0 Å². The molecule has 5 nitrogen and oxygen atoms in total. The summed E-state index contributed by atoms with van der Waals surface area (Å²) in [5, 5.41) is 4.46. The highest BCUT2D eigenvalue weighted by molar-refractivity contribution is 7.91. The minimum atomic E-state index is -2.89. The number of hydrogen-bond donors (Lipinski definition) is 1. The largest absolute Gasteiger partial charge is 0.384 e. The van der Waals surface area contributed by atoms with Crippen molar-refractivity contribution in [3.63, 3.8) is 0 Å². The second-order valence-corrected chi connectivity index (χ2v) is 7.72. The van der Waals surface area contributed by atoms with E-state index in [4.69, 9.17) is 5.73 Å². The van der Waals surface area contributed by atoms with Crippen molar-refractivity contribution in [2.24, 2.45) is 5.92 Å². The first-order valence-electron chi connectivity index (χ1n) is 6.42. The zero-order chi connectivity index (χ0) is 13.3. The number of nitrogens with two attached hydrogens (primary N) is 1. The van der Waals surface area contributed by atoms with E-state index in [-0.39, 0.29) is 17.5 Å². The van der Waals surface area contributed by atoms with Gasteiger partial charge in [0.2, 0.25) is 0 Å². The van der Waals surface area contributed by atoms with Crippen LogP contribution in [0.15, 0.2) is 6.07 Å². The second kappa shape index (κ2) is 4.91. The Balaban J connectivity index is 2.10. The third-order valence-electron chi connectivity index (χ3n) is 3.35. The van der Waals surface area contributed by atoms with Gasteiger partial charge in [-0.15, -0.1) is 0 Å². The normalized spacial score (nSPS) is 22.7. The lowest BCUT2D eigenvalue weighted by Gasteiger charge is -2.10. The van der Waals surface area contributed by atoms with E-state index < -0.39 is 9.84 Å². The number of aryl methyl sites for hydroxylation is 1. The zero-order valence-electron chi connectivity index (χ0n) is 11.0. The van der Waals surface area contributed by atoms with Crippen molar-refractivity contribution in [1.82, 2.24) is 9.78 Å². The first-order chi connectivity index (χ1) is 8.37. The van der Waals surface area contributed by atoms with E-state index in [1.54, 1.807) is 4.68 Å². The molecule has 1 aromatic heterocycles. The van der Waals surface area contributed by atoms with Crippen LogP contribution in [0.1, 0.15) is 38.4 Å². The van der Waals surface area contributed by atoms with Gasteiger partial charge in [-0.3, -0.25) is 0 Å². The molecule has 1 unspecified atom stereocenters. The van der Waals surface area contributed by atoms with Crippen LogP contribution in [0.25, 0.3) is 0 Å². The van der Waals surface area contributed by atoms with E-state index in [1.165, 1.54) is 0 Å². The van der Waals surface area contributed by atoms with Gasteiger partial charge in [-0.1, -0.05) is 13.8 Å². The highest BCUT2D eigenvalue weighted by Gasteiger charge is 2.30. The second-order valence-electron chi connectivity index (χ2n) is 5.49.